The zero-order valence-electron chi connectivity index (χ0n) is 26.1. The smallest absolute Gasteiger partial charge is 0.131 e. The molecule has 0 saturated carbocycles. The zero-order valence-corrected chi connectivity index (χ0v) is 26.1. The van der Waals surface area contributed by atoms with Crippen LogP contribution in [-0.4, -0.2) is 55.8 Å². The molecule has 6 nitrogen and oxygen atoms in total. The van der Waals surface area contributed by atoms with Crippen molar-refractivity contribution in [1.82, 2.24) is 9.97 Å². The summed E-state index contributed by atoms with van der Waals surface area (Å²) in [5, 5.41) is 3.29. The molecule has 0 radical (unpaired) electrons. The van der Waals surface area contributed by atoms with E-state index in [2.05, 4.69) is 125 Å². The van der Waals surface area contributed by atoms with E-state index in [1.165, 1.54) is 17.5 Å². The Balaban J connectivity index is 0. The fourth-order valence-electron chi connectivity index (χ4n) is 3.94. The van der Waals surface area contributed by atoms with Gasteiger partial charge in [-0.15, -0.1) is 0 Å². The maximum atomic E-state index is 4.82. The zero-order chi connectivity index (χ0) is 28.2. The molecule has 0 saturated heterocycles. The number of aryl methyl sites for hydroxylation is 2. The molecule has 38 heavy (non-hydrogen) atoms. The van der Waals surface area contributed by atoms with Crippen LogP contribution in [0.25, 0.3) is 0 Å². The first-order valence-corrected chi connectivity index (χ1v) is 14.9. The molecule has 0 fully saturated rings. The van der Waals surface area contributed by atoms with Crippen LogP contribution in [0.4, 0.5) is 23.3 Å². The third-order valence-electron chi connectivity index (χ3n) is 6.17. The molecule has 0 aliphatic carbocycles. The molecule has 0 atom stereocenters. The minimum atomic E-state index is 0. The van der Waals surface area contributed by atoms with Gasteiger partial charge >= 0.3 is 0 Å². The van der Waals surface area contributed by atoms with E-state index in [1.54, 1.807) is 0 Å². The molecule has 0 unspecified atom stereocenters. The first-order chi connectivity index (χ1) is 17.9. The van der Waals surface area contributed by atoms with Crippen molar-refractivity contribution in [3.05, 3.63) is 35.4 Å². The van der Waals surface area contributed by atoms with Crippen molar-refractivity contribution in [2.45, 2.75) is 103 Å². The Hall–Kier alpha value is -2.50. The van der Waals surface area contributed by atoms with Crippen molar-refractivity contribution in [2.75, 3.05) is 65.8 Å². The molecule has 2 heterocycles. The summed E-state index contributed by atoms with van der Waals surface area (Å²) in [5.41, 5.74) is 2.71. The summed E-state index contributed by atoms with van der Waals surface area (Å²) in [6, 6.07) is 8.77. The Morgan fingerprint density at radius 3 is 1.13 bits per heavy atom. The summed E-state index contributed by atoms with van der Waals surface area (Å²) < 4.78 is 0. The number of pyridine rings is 2. The van der Waals surface area contributed by atoms with E-state index in [1.807, 2.05) is 0 Å². The number of aromatic nitrogens is 2. The first kappa shape index (κ1) is 37.7. The van der Waals surface area contributed by atoms with Gasteiger partial charge in [0, 0.05) is 45.8 Å². The Morgan fingerprint density at radius 1 is 0.526 bits per heavy atom. The van der Waals surface area contributed by atoms with Crippen LogP contribution in [0.5, 0.6) is 0 Å². The third kappa shape index (κ3) is 12.8. The Kier molecular flexibility index (Phi) is 22.3. The first-order valence-electron chi connectivity index (χ1n) is 14.9. The van der Waals surface area contributed by atoms with Gasteiger partial charge in [0.25, 0.3) is 0 Å². The van der Waals surface area contributed by atoms with Gasteiger partial charge in [-0.25, -0.2) is 9.97 Å². The molecule has 0 amide bonds. The Bertz CT molecular complexity index is 796. The lowest BCUT2D eigenvalue weighted by molar-refractivity contribution is 0.815. The van der Waals surface area contributed by atoms with E-state index in [0.29, 0.717) is 0 Å². The van der Waals surface area contributed by atoms with E-state index in [0.717, 1.165) is 81.9 Å². The quantitative estimate of drug-likeness (QED) is 0.281. The maximum absolute atomic E-state index is 4.82. The fraction of sp³-hybridized carbons (Fsp3) is 0.688. The summed E-state index contributed by atoms with van der Waals surface area (Å²) in [4.78, 5) is 16.3. The number of hydrogen-bond donors (Lipinski definition) is 1. The van der Waals surface area contributed by atoms with Crippen molar-refractivity contribution in [2.24, 2.45) is 0 Å². The van der Waals surface area contributed by atoms with E-state index in [4.69, 9.17) is 4.98 Å². The summed E-state index contributed by atoms with van der Waals surface area (Å²) in [7, 11) is 0. The Labute approximate surface area is 237 Å². The highest BCUT2D eigenvalue weighted by Crippen LogP contribution is 2.21. The molecular formula is C32H62N6. The average molecular weight is 531 g/mol. The summed E-state index contributed by atoms with van der Waals surface area (Å²) in [5.74, 6) is 4.30. The van der Waals surface area contributed by atoms with Gasteiger partial charge in [-0.3, -0.25) is 0 Å². The number of anilines is 4. The van der Waals surface area contributed by atoms with Crippen LogP contribution < -0.4 is 20.0 Å². The van der Waals surface area contributed by atoms with Crippen molar-refractivity contribution in [3.63, 3.8) is 0 Å². The average Bonchev–Trinajstić information content (AvgIpc) is 2.91. The van der Waals surface area contributed by atoms with Crippen LogP contribution in [0.2, 0.25) is 0 Å². The predicted octanol–water partition coefficient (Wildman–Crippen LogP) is 8.31. The molecule has 2 aromatic heterocycles. The summed E-state index contributed by atoms with van der Waals surface area (Å²) in [6.07, 6.45) is 3.36. The van der Waals surface area contributed by atoms with Crippen molar-refractivity contribution in [1.29, 1.82) is 0 Å². The van der Waals surface area contributed by atoms with Crippen LogP contribution in [0, 0.1) is 0 Å². The second-order valence-electron chi connectivity index (χ2n) is 8.87. The lowest BCUT2D eigenvalue weighted by Crippen LogP contribution is -2.26. The number of hydrogen-bond acceptors (Lipinski definition) is 6. The largest absolute Gasteiger partial charge is 0.370 e. The van der Waals surface area contributed by atoms with E-state index in [-0.39, 0.29) is 7.43 Å². The monoisotopic (exact) mass is 531 g/mol. The molecule has 2 aromatic rings. The van der Waals surface area contributed by atoms with Gasteiger partial charge in [0.2, 0.25) is 0 Å². The van der Waals surface area contributed by atoms with Gasteiger partial charge in [-0.2, -0.15) is 0 Å². The number of nitrogens with one attached hydrogen (secondary N) is 1. The molecular weight excluding hydrogens is 468 g/mol. The van der Waals surface area contributed by atoms with Crippen LogP contribution in [0.3, 0.4) is 0 Å². The highest BCUT2D eigenvalue weighted by molar-refractivity contribution is 5.52. The molecule has 0 aromatic carbocycles. The fourth-order valence-corrected chi connectivity index (χ4v) is 3.94. The molecule has 0 spiro atoms. The lowest BCUT2D eigenvalue weighted by atomic mass is 10.2. The van der Waals surface area contributed by atoms with Gasteiger partial charge in [-0.1, -0.05) is 41.5 Å². The standard InChI is InChI=1S/C15H27N3.C13H23N3.C3H8.CH4/c1-6-13-11-14(17(7-2)8-3)16-15(12-13)18(9-4)10-5;1-5-11-9-12(14-6-2)15-13(10-11)16(7-3)8-4;1-3-2;/h11-12H,6-10H2,1-5H3;9-10H,5-8H2,1-4H3,(H,14,15);3H2,1-2H3;1H4. The SMILES string of the molecule is C.CCC.CCNc1cc(CC)cc(N(CC)CC)n1.CCc1cc(N(CC)CC)nc(N(CC)CC)c1. The third-order valence-corrected chi connectivity index (χ3v) is 6.17. The molecule has 1 N–H and O–H groups in total. The molecule has 0 aliphatic rings. The normalized spacial score (nSPS) is 9.76. The van der Waals surface area contributed by atoms with Gasteiger partial charge in [0.1, 0.15) is 23.3 Å². The Morgan fingerprint density at radius 2 is 0.842 bits per heavy atom. The lowest BCUT2D eigenvalue weighted by Gasteiger charge is -2.25. The summed E-state index contributed by atoms with van der Waals surface area (Å²) in [6.45, 7) is 30.7. The topological polar surface area (TPSA) is 47.5 Å². The van der Waals surface area contributed by atoms with E-state index >= 15 is 0 Å². The van der Waals surface area contributed by atoms with Gasteiger partial charge < -0.3 is 20.0 Å². The van der Waals surface area contributed by atoms with Crippen LogP contribution in [0.15, 0.2) is 24.3 Å². The number of nitrogens with zero attached hydrogens (tertiary/aromatic N) is 5. The number of rotatable bonds is 13. The molecule has 0 aliphatic heterocycles. The maximum Gasteiger partial charge on any atom is 0.131 e. The highest BCUT2D eigenvalue weighted by atomic mass is 15.2. The van der Waals surface area contributed by atoms with Gasteiger partial charge in [-0.05, 0) is 96.7 Å². The van der Waals surface area contributed by atoms with Crippen LogP contribution >= 0.6 is 0 Å². The second kappa shape index (κ2) is 22.5. The van der Waals surface area contributed by atoms with Crippen molar-refractivity contribution < 1.29 is 0 Å². The summed E-state index contributed by atoms with van der Waals surface area (Å²) >= 11 is 0. The molecule has 2 rings (SSSR count). The van der Waals surface area contributed by atoms with Crippen molar-refractivity contribution >= 4 is 23.3 Å². The van der Waals surface area contributed by atoms with Gasteiger partial charge in [0.15, 0.2) is 0 Å². The predicted molar refractivity (Wildman–Crippen MR) is 175 cm³/mol. The molecule has 6 heteroatoms. The second-order valence-corrected chi connectivity index (χ2v) is 8.87. The van der Waals surface area contributed by atoms with Crippen LogP contribution in [-0.2, 0) is 12.8 Å². The highest BCUT2D eigenvalue weighted by Gasteiger charge is 2.10. The van der Waals surface area contributed by atoms with Crippen LogP contribution in [0.1, 0.15) is 101 Å². The van der Waals surface area contributed by atoms with Crippen molar-refractivity contribution in [3.8, 4) is 0 Å². The molecule has 220 valence electrons. The van der Waals surface area contributed by atoms with E-state index < -0.39 is 0 Å². The minimum absolute atomic E-state index is 0. The van der Waals surface area contributed by atoms with E-state index in [9.17, 15) is 0 Å². The minimum Gasteiger partial charge on any atom is -0.370 e. The van der Waals surface area contributed by atoms with Gasteiger partial charge in [0.05, 0.1) is 0 Å². The molecule has 0 bridgehead atoms.